The van der Waals surface area contributed by atoms with E-state index < -0.39 is 0 Å². The average molecular weight is 279 g/mol. The molecule has 1 amide bonds. The molecule has 2 aromatic carbocycles. The first-order valence-electron chi connectivity index (χ1n) is 7.00. The highest BCUT2D eigenvalue weighted by molar-refractivity contribution is 5.92. The number of carbonyl (C=O) groups is 1. The third-order valence-electron chi connectivity index (χ3n) is 3.60. The molecular weight excluding hydrogens is 262 g/mol. The Bertz CT molecular complexity index is 783. The van der Waals surface area contributed by atoms with Crippen LogP contribution in [0.4, 0.5) is 0 Å². The van der Waals surface area contributed by atoms with Gasteiger partial charge in [-0.15, -0.1) is 0 Å². The molecule has 3 nitrogen and oxygen atoms in total. The second-order valence-corrected chi connectivity index (χ2v) is 5.17. The first-order chi connectivity index (χ1) is 10.1. The van der Waals surface area contributed by atoms with Crippen molar-refractivity contribution < 1.29 is 9.21 Å². The third kappa shape index (κ3) is 2.68. The van der Waals surface area contributed by atoms with E-state index in [9.17, 15) is 4.79 Å². The third-order valence-corrected chi connectivity index (χ3v) is 3.60. The maximum atomic E-state index is 12.2. The summed E-state index contributed by atoms with van der Waals surface area (Å²) in [7, 11) is 0. The van der Waals surface area contributed by atoms with Crippen molar-refractivity contribution in [3.05, 3.63) is 71.7 Å². The van der Waals surface area contributed by atoms with Gasteiger partial charge in [-0.2, -0.15) is 0 Å². The number of nitrogens with one attached hydrogen (secondary N) is 1. The van der Waals surface area contributed by atoms with Gasteiger partial charge in [-0.1, -0.05) is 42.5 Å². The number of amides is 1. The Morgan fingerprint density at radius 1 is 1.05 bits per heavy atom. The van der Waals surface area contributed by atoms with Gasteiger partial charge in [0.1, 0.15) is 5.76 Å². The highest BCUT2D eigenvalue weighted by Crippen LogP contribution is 2.24. The van der Waals surface area contributed by atoms with Crippen molar-refractivity contribution in [1.29, 1.82) is 0 Å². The lowest BCUT2D eigenvalue weighted by Crippen LogP contribution is -2.26. The van der Waals surface area contributed by atoms with Crippen molar-refractivity contribution in [3.8, 4) is 0 Å². The van der Waals surface area contributed by atoms with E-state index in [2.05, 4.69) is 23.5 Å². The molecular formula is C18H17NO2. The Kier molecular flexibility index (Phi) is 3.48. The van der Waals surface area contributed by atoms with Gasteiger partial charge < -0.3 is 9.73 Å². The monoisotopic (exact) mass is 279 g/mol. The molecule has 1 aromatic heterocycles. The summed E-state index contributed by atoms with van der Waals surface area (Å²) in [4.78, 5) is 12.2. The predicted octanol–water partition coefficient (Wildman–Crippen LogP) is 4.23. The Morgan fingerprint density at radius 2 is 1.81 bits per heavy atom. The zero-order valence-corrected chi connectivity index (χ0v) is 12.1. The van der Waals surface area contributed by atoms with E-state index in [-0.39, 0.29) is 11.9 Å². The van der Waals surface area contributed by atoms with Crippen molar-refractivity contribution in [2.45, 2.75) is 19.9 Å². The molecule has 21 heavy (non-hydrogen) atoms. The zero-order chi connectivity index (χ0) is 14.8. The van der Waals surface area contributed by atoms with Crippen LogP contribution >= 0.6 is 0 Å². The number of rotatable bonds is 3. The normalized spacial score (nSPS) is 12.3. The lowest BCUT2D eigenvalue weighted by atomic mass is 9.99. The van der Waals surface area contributed by atoms with E-state index in [1.807, 2.05) is 38.1 Å². The van der Waals surface area contributed by atoms with Gasteiger partial charge in [0.15, 0.2) is 5.76 Å². The first kappa shape index (κ1) is 13.4. The Morgan fingerprint density at radius 3 is 2.57 bits per heavy atom. The average Bonchev–Trinajstić information content (AvgIpc) is 2.93. The Hall–Kier alpha value is -2.55. The Labute approximate surface area is 123 Å². The summed E-state index contributed by atoms with van der Waals surface area (Å²) in [5, 5.41) is 5.31. The fraction of sp³-hybridized carbons (Fsp3) is 0.167. The van der Waals surface area contributed by atoms with Gasteiger partial charge in [-0.3, -0.25) is 4.79 Å². The molecule has 0 saturated carbocycles. The molecule has 106 valence electrons. The van der Waals surface area contributed by atoms with Crippen molar-refractivity contribution in [2.75, 3.05) is 0 Å². The Balaban J connectivity index is 1.87. The summed E-state index contributed by atoms with van der Waals surface area (Å²) >= 11 is 0. The largest absolute Gasteiger partial charge is 0.456 e. The van der Waals surface area contributed by atoms with E-state index in [0.29, 0.717) is 5.76 Å². The zero-order valence-electron chi connectivity index (χ0n) is 12.1. The maximum Gasteiger partial charge on any atom is 0.287 e. The molecule has 0 bridgehead atoms. The summed E-state index contributed by atoms with van der Waals surface area (Å²) in [6, 6.07) is 17.7. The van der Waals surface area contributed by atoms with E-state index in [0.717, 1.165) is 16.7 Å². The minimum atomic E-state index is -0.191. The number of benzene rings is 2. The highest BCUT2D eigenvalue weighted by Gasteiger charge is 2.15. The van der Waals surface area contributed by atoms with Gasteiger partial charge >= 0.3 is 0 Å². The molecule has 1 atom stereocenters. The fourth-order valence-electron chi connectivity index (χ4n) is 2.53. The minimum Gasteiger partial charge on any atom is -0.456 e. The van der Waals surface area contributed by atoms with Crippen LogP contribution in [0.2, 0.25) is 0 Å². The van der Waals surface area contributed by atoms with Crippen LogP contribution in [0, 0.1) is 6.92 Å². The van der Waals surface area contributed by atoms with Crippen LogP contribution < -0.4 is 5.32 Å². The number of carbonyl (C=O) groups excluding carboxylic acids is 1. The van der Waals surface area contributed by atoms with Crippen LogP contribution in [0.25, 0.3) is 10.8 Å². The molecule has 0 aliphatic carbocycles. The van der Waals surface area contributed by atoms with Gasteiger partial charge in [0, 0.05) is 0 Å². The van der Waals surface area contributed by atoms with Crippen molar-refractivity contribution in [3.63, 3.8) is 0 Å². The topological polar surface area (TPSA) is 42.2 Å². The molecule has 1 heterocycles. The first-order valence-corrected chi connectivity index (χ1v) is 7.00. The van der Waals surface area contributed by atoms with Crippen LogP contribution in [-0.2, 0) is 0 Å². The summed E-state index contributed by atoms with van der Waals surface area (Å²) in [5.41, 5.74) is 1.10. The molecule has 0 spiro atoms. The smallest absolute Gasteiger partial charge is 0.287 e. The van der Waals surface area contributed by atoms with E-state index >= 15 is 0 Å². The fourth-order valence-corrected chi connectivity index (χ4v) is 2.53. The summed E-state index contributed by atoms with van der Waals surface area (Å²) in [6.07, 6.45) is 0. The standard InChI is InChI=1S/C18H17NO2/c1-12-10-11-17(21-12)18(20)19-13(2)15-9-5-7-14-6-3-4-8-16(14)15/h3-11,13H,1-2H3,(H,19,20). The second kappa shape index (κ2) is 5.44. The molecule has 1 N–H and O–H groups in total. The van der Waals surface area contributed by atoms with Crippen molar-refractivity contribution in [2.24, 2.45) is 0 Å². The molecule has 0 aliphatic rings. The van der Waals surface area contributed by atoms with Crippen molar-refractivity contribution >= 4 is 16.7 Å². The summed E-state index contributed by atoms with van der Waals surface area (Å²) in [5.74, 6) is 0.890. The van der Waals surface area contributed by atoms with E-state index in [4.69, 9.17) is 4.42 Å². The number of hydrogen-bond donors (Lipinski definition) is 1. The predicted molar refractivity (Wildman–Crippen MR) is 83.3 cm³/mol. The van der Waals surface area contributed by atoms with Crippen molar-refractivity contribution in [1.82, 2.24) is 5.32 Å². The van der Waals surface area contributed by atoms with Crippen LogP contribution in [0.1, 0.15) is 34.8 Å². The lowest BCUT2D eigenvalue weighted by molar-refractivity contribution is 0.0911. The van der Waals surface area contributed by atoms with Gasteiger partial charge in [-0.25, -0.2) is 0 Å². The molecule has 3 aromatic rings. The minimum absolute atomic E-state index is 0.0889. The molecule has 0 aliphatic heterocycles. The number of aryl methyl sites for hydroxylation is 1. The molecule has 1 unspecified atom stereocenters. The van der Waals surface area contributed by atoms with E-state index in [1.54, 1.807) is 12.1 Å². The molecule has 0 fully saturated rings. The van der Waals surface area contributed by atoms with Crippen LogP contribution in [0.5, 0.6) is 0 Å². The molecule has 0 saturated heterocycles. The quantitative estimate of drug-likeness (QED) is 0.779. The van der Waals surface area contributed by atoms with Crippen LogP contribution in [0.3, 0.4) is 0 Å². The van der Waals surface area contributed by atoms with Crippen LogP contribution in [0.15, 0.2) is 59.0 Å². The lowest BCUT2D eigenvalue weighted by Gasteiger charge is -2.16. The van der Waals surface area contributed by atoms with Gasteiger partial charge in [0.2, 0.25) is 0 Å². The van der Waals surface area contributed by atoms with Gasteiger partial charge in [-0.05, 0) is 42.3 Å². The van der Waals surface area contributed by atoms with Gasteiger partial charge in [0.25, 0.3) is 5.91 Å². The second-order valence-electron chi connectivity index (χ2n) is 5.17. The SMILES string of the molecule is Cc1ccc(C(=O)NC(C)c2cccc3ccccc23)o1. The van der Waals surface area contributed by atoms with Gasteiger partial charge in [0.05, 0.1) is 6.04 Å². The highest BCUT2D eigenvalue weighted by atomic mass is 16.3. The van der Waals surface area contributed by atoms with E-state index in [1.165, 1.54) is 5.39 Å². The number of furan rings is 1. The number of fused-ring (bicyclic) bond motifs is 1. The molecule has 0 radical (unpaired) electrons. The number of hydrogen-bond acceptors (Lipinski definition) is 2. The molecule has 3 rings (SSSR count). The summed E-state index contributed by atoms with van der Waals surface area (Å²) < 4.78 is 5.36. The van der Waals surface area contributed by atoms with Crippen LogP contribution in [-0.4, -0.2) is 5.91 Å². The summed E-state index contributed by atoms with van der Waals surface area (Å²) in [6.45, 7) is 3.81. The molecule has 3 heteroatoms. The maximum absolute atomic E-state index is 12.2.